The number of ether oxygens (including phenoxy) is 1. The lowest BCUT2D eigenvalue weighted by atomic mass is 9.96. The highest BCUT2D eigenvalue weighted by Crippen LogP contribution is 2.34. The summed E-state index contributed by atoms with van der Waals surface area (Å²) in [5.41, 5.74) is 8.25. The predicted molar refractivity (Wildman–Crippen MR) is 111 cm³/mol. The molecule has 1 heterocycles. The van der Waals surface area contributed by atoms with Gasteiger partial charge >= 0.3 is 0 Å². The lowest BCUT2D eigenvalue weighted by Crippen LogP contribution is -2.25. The van der Waals surface area contributed by atoms with Crippen LogP contribution in [0.25, 0.3) is 0 Å². The normalized spacial score (nSPS) is 16.9. The Balaban J connectivity index is 1.62. The molecule has 3 aromatic carbocycles. The second-order valence-electron chi connectivity index (χ2n) is 7.04. The van der Waals surface area contributed by atoms with Gasteiger partial charge in [-0.1, -0.05) is 60.2 Å². The summed E-state index contributed by atoms with van der Waals surface area (Å²) in [5.74, 6) is 0.576. The van der Waals surface area contributed by atoms with Crippen LogP contribution in [0.3, 0.4) is 0 Å². The number of carbonyl (C=O) groups is 1. The van der Waals surface area contributed by atoms with Gasteiger partial charge in [0.05, 0.1) is 5.71 Å². The number of benzene rings is 3. The van der Waals surface area contributed by atoms with E-state index in [-0.39, 0.29) is 12.0 Å². The molecule has 0 aromatic heterocycles. The van der Waals surface area contributed by atoms with Crippen molar-refractivity contribution in [1.29, 1.82) is 0 Å². The van der Waals surface area contributed by atoms with Crippen molar-refractivity contribution in [3.05, 3.63) is 101 Å². The quantitative estimate of drug-likeness (QED) is 0.663. The average Bonchev–Trinajstić information content (AvgIpc) is 2.72. The van der Waals surface area contributed by atoms with Crippen molar-refractivity contribution in [2.75, 3.05) is 0 Å². The van der Waals surface area contributed by atoms with E-state index in [1.54, 1.807) is 0 Å². The van der Waals surface area contributed by atoms with Crippen LogP contribution in [0.15, 0.2) is 77.9 Å². The molecule has 4 rings (SSSR count). The van der Waals surface area contributed by atoms with Crippen LogP contribution in [-0.4, -0.2) is 11.6 Å². The first-order valence-electron chi connectivity index (χ1n) is 9.37. The molecule has 3 aromatic rings. The Morgan fingerprint density at radius 2 is 1.75 bits per heavy atom. The van der Waals surface area contributed by atoms with Gasteiger partial charge in [0.1, 0.15) is 11.9 Å². The van der Waals surface area contributed by atoms with Gasteiger partial charge in [0.15, 0.2) is 0 Å². The van der Waals surface area contributed by atoms with E-state index in [4.69, 9.17) is 4.74 Å². The SMILES string of the molecule is Cc1ccc(C(=O)N/N=C2/C[C@@H](c3ccccc3)Oc3ccccc32)c(C)c1. The van der Waals surface area contributed by atoms with E-state index in [1.165, 1.54) is 0 Å². The highest BCUT2D eigenvalue weighted by Gasteiger charge is 2.26. The summed E-state index contributed by atoms with van der Waals surface area (Å²) in [7, 11) is 0. The van der Waals surface area contributed by atoms with Crippen LogP contribution in [0, 0.1) is 13.8 Å². The van der Waals surface area contributed by atoms with Gasteiger partial charge in [0.25, 0.3) is 5.91 Å². The van der Waals surface area contributed by atoms with E-state index in [2.05, 4.69) is 10.5 Å². The molecule has 0 aliphatic carbocycles. The molecule has 28 heavy (non-hydrogen) atoms. The summed E-state index contributed by atoms with van der Waals surface area (Å²) in [6, 6.07) is 23.6. The monoisotopic (exact) mass is 370 g/mol. The second-order valence-corrected chi connectivity index (χ2v) is 7.04. The first-order chi connectivity index (χ1) is 13.6. The van der Waals surface area contributed by atoms with Crippen molar-refractivity contribution in [2.45, 2.75) is 26.4 Å². The molecule has 1 N–H and O–H groups in total. The Labute approximate surface area is 164 Å². The molecule has 1 aliphatic rings. The van der Waals surface area contributed by atoms with Gasteiger partial charge in [-0.2, -0.15) is 5.10 Å². The minimum atomic E-state index is -0.203. The third-order valence-electron chi connectivity index (χ3n) is 4.94. The molecule has 0 fully saturated rings. The summed E-state index contributed by atoms with van der Waals surface area (Å²) < 4.78 is 6.18. The maximum absolute atomic E-state index is 12.6. The summed E-state index contributed by atoms with van der Waals surface area (Å²) in [5, 5.41) is 4.48. The van der Waals surface area contributed by atoms with E-state index in [0.29, 0.717) is 12.0 Å². The van der Waals surface area contributed by atoms with Crippen molar-refractivity contribution in [3.63, 3.8) is 0 Å². The number of hydrazone groups is 1. The lowest BCUT2D eigenvalue weighted by molar-refractivity contribution is 0.0953. The van der Waals surface area contributed by atoms with Crippen molar-refractivity contribution in [1.82, 2.24) is 5.43 Å². The Hall–Kier alpha value is -3.40. The molecule has 1 atom stereocenters. The van der Waals surface area contributed by atoms with Crippen LogP contribution in [0.5, 0.6) is 5.75 Å². The highest BCUT2D eigenvalue weighted by atomic mass is 16.5. The third-order valence-corrected chi connectivity index (χ3v) is 4.94. The number of para-hydroxylation sites is 1. The number of nitrogens with one attached hydrogen (secondary N) is 1. The maximum atomic E-state index is 12.6. The highest BCUT2D eigenvalue weighted by molar-refractivity contribution is 6.05. The first kappa shape index (κ1) is 18.0. The van der Waals surface area contributed by atoms with Gasteiger partial charge in [-0.05, 0) is 43.2 Å². The molecular formula is C24H22N2O2. The zero-order chi connectivity index (χ0) is 19.5. The van der Waals surface area contributed by atoms with E-state index in [1.807, 2.05) is 86.6 Å². The van der Waals surface area contributed by atoms with E-state index < -0.39 is 0 Å². The standard InChI is InChI=1S/C24H22N2O2/c1-16-12-13-19(17(2)14-16)24(27)26-25-21-15-23(18-8-4-3-5-9-18)28-22-11-7-6-10-20(21)22/h3-14,23H,15H2,1-2H3,(H,26,27)/b25-21-/t23-/m0/s1. The fourth-order valence-corrected chi connectivity index (χ4v) is 3.49. The van der Waals surface area contributed by atoms with Crippen molar-refractivity contribution >= 4 is 11.6 Å². The molecule has 0 unspecified atom stereocenters. The van der Waals surface area contributed by atoms with Crippen LogP contribution in [0.2, 0.25) is 0 Å². The first-order valence-corrected chi connectivity index (χ1v) is 9.37. The molecule has 4 nitrogen and oxygen atoms in total. The van der Waals surface area contributed by atoms with Gasteiger partial charge in [0, 0.05) is 17.5 Å². The number of aryl methyl sites for hydroxylation is 2. The summed E-state index contributed by atoms with van der Waals surface area (Å²) in [6.45, 7) is 3.95. The largest absolute Gasteiger partial charge is 0.485 e. The molecular weight excluding hydrogens is 348 g/mol. The van der Waals surface area contributed by atoms with Crippen LogP contribution < -0.4 is 10.2 Å². The van der Waals surface area contributed by atoms with Crippen molar-refractivity contribution < 1.29 is 9.53 Å². The minimum Gasteiger partial charge on any atom is -0.485 e. The van der Waals surface area contributed by atoms with Crippen LogP contribution in [-0.2, 0) is 0 Å². The summed E-state index contributed by atoms with van der Waals surface area (Å²) in [4.78, 5) is 12.6. The minimum absolute atomic E-state index is 0.132. The third kappa shape index (κ3) is 3.67. The van der Waals surface area contributed by atoms with Gasteiger partial charge in [0.2, 0.25) is 0 Å². The molecule has 0 saturated carbocycles. The fraction of sp³-hybridized carbons (Fsp3) is 0.167. The average molecular weight is 370 g/mol. The smallest absolute Gasteiger partial charge is 0.271 e. The van der Waals surface area contributed by atoms with Crippen molar-refractivity contribution in [2.24, 2.45) is 5.10 Å². The van der Waals surface area contributed by atoms with E-state index in [9.17, 15) is 4.79 Å². The molecule has 0 spiro atoms. The van der Waals surface area contributed by atoms with Crippen molar-refractivity contribution in [3.8, 4) is 5.75 Å². The van der Waals surface area contributed by atoms with Crippen LogP contribution >= 0.6 is 0 Å². The summed E-state index contributed by atoms with van der Waals surface area (Å²) >= 11 is 0. The number of carbonyl (C=O) groups excluding carboxylic acids is 1. The zero-order valence-corrected chi connectivity index (χ0v) is 16.0. The lowest BCUT2D eigenvalue weighted by Gasteiger charge is -2.27. The molecule has 0 saturated heterocycles. The molecule has 0 bridgehead atoms. The number of hydrogen-bond acceptors (Lipinski definition) is 3. The molecule has 140 valence electrons. The zero-order valence-electron chi connectivity index (χ0n) is 16.0. The Morgan fingerprint density at radius 1 is 1.00 bits per heavy atom. The maximum Gasteiger partial charge on any atom is 0.271 e. The molecule has 1 amide bonds. The van der Waals surface area contributed by atoms with Gasteiger partial charge in [-0.25, -0.2) is 5.43 Å². The number of nitrogens with zero attached hydrogens (tertiary/aromatic N) is 1. The topological polar surface area (TPSA) is 50.7 Å². The van der Waals surface area contributed by atoms with Gasteiger partial charge in [-0.15, -0.1) is 0 Å². The number of fused-ring (bicyclic) bond motifs is 1. The number of amides is 1. The Morgan fingerprint density at radius 3 is 2.54 bits per heavy atom. The number of rotatable bonds is 3. The molecule has 4 heteroatoms. The predicted octanol–water partition coefficient (Wildman–Crippen LogP) is 4.96. The molecule has 0 radical (unpaired) electrons. The van der Waals surface area contributed by atoms with Gasteiger partial charge < -0.3 is 4.74 Å². The van der Waals surface area contributed by atoms with Crippen LogP contribution in [0.1, 0.15) is 45.1 Å². The van der Waals surface area contributed by atoms with Gasteiger partial charge in [-0.3, -0.25) is 4.79 Å². The number of hydrogen-bond donors (Lipinski definition) is 1. The van der Waals surface area contributed by atoms with E-state index in [0.717, 1.165) is 33.7 Å². The fourth-order valence-electron chi connectivity index (χ4n) is 3.49. The Kier molecular flexibility index (Phi) is 4.94. The summed E-state index contributed by atoms with van der Waals surface area (Å²) in [6.07, 6.45) is 0.460. The van der Waals surface area contributed by atoms with E-state index >= 15 is 0 Å². The van der Waals surface area contributed by atoms with Crippen LogP contribution in [0.4, 0.5) is 0 Å². The molecule has 1 aliphatic heterocycles. The second kappa shape index (κ2) is 7.69. The Bertz CT molecular complexity index is 1040.